The van der Waals surface area contributed by atoms with E-state index in [4.69, 9.17) is 21.0 Å². The Hall–Kier alpha value is -3.08. The minimum atomic E-state index is -4.35. The van der Waals surface area contributed by atoms with Crippen LogP contribution in [-0.4, -0.2) is 137 Å². The largest absolute Gasteiger partial charge is 0.463 e. The minimum absolute atomic E-state index is 0. The van der Waals surface area contributed by atoms with Gasteiger partial charge in [-0.1, -0.05) is 133 Å². The molecule has 5 N–H and O–H groups in total. The molecule has 12 nitrogen and oxygen atoms in total. The van der Waals surface area contributed by atoms with E-state index in [0.29, 0.717) is 31.6 Å². The highest BCUT2D eigenvalue weighted by Gasteiger charge is 2.33. The number of esters is 2. The third kappa shape index (κ3) is 36.3. The van der Waals surface area contributed by atoms with Crippen molar-refractivity contribution in [1.82, 2.24) is 9.80 Å². The van der Waals surface area contributed by atoms with Crippen molar-refractivity contribution >= 4 is 59.9 Å². The molecule has 0 spiro atoms. The molecule has 2 aromatic carbocycles. The molecule has 448 valence electrons. The van der Waals surface area contributed by atoms with Gasteiger partial charge in [-0.25, -0.2) is 0 Å². The van der Waals surface area contributed by atoms with Gasteiger partial charge in [0.05, 0.1) is 48.0 Å². The number of piperazine rings is 1. The molecule has 0 saturated carbocycles. The Morgan fingerprint density at radius 2 is 1.09 bits per heavy atom. The first-order chi connectivity index (χ1) is 36.6. The highest BCUT2D eigenvalue weighted by molar-refractivity contribution is 7.99. The molecule has 0 radical (unpaired) electrons. The Morgan fingerprint density at radius 3 is 1.55 bits per heavy atom. The van der Waals surface area contributed by atoms with E-state index in [1.807, 2.05) is 35.2 Å². The fourth-order valence-electron chi connectivity index (χ4n) is 9.25. The average molecular weight is 1170 g/mol. The summed E-state index contributed by atoms with van der Waals surface area (Å²) >= 11 is 1.53. The van der Waals surface area contributed by atoms with Gasteiger partial charge in [-0.3, -0.25) is 14.5 Å². The lowest BCUT2D eigenvalue weighted by atomic mass is 10.0. The number of ether oxygens (including phenoxy) is 2. The Bertz CT molecular complexity index is 1890. The van der Waals surface area contributed by atoms with Gasteiger partial charge in [-0.05, 0) is 75.4 Å². The molecule has 2 aliphatic heterocycles. The molecule has 4 rings (SSSR count). The SMILES string of the molecule is C#CCCCCCCCCCCCC(O)CC(O)COC(C)=O.C=CCCCCCCCCCCCC(O)CC(O)COC(C)=O.Cl.Cl.OCCN1CCN(CCCN2c3ccccc3Sc3ccc(C(F)(F)F)cc32)CC1. The number of aliphatic hydroxyl groups excluding tert-OH is 5. The van der Waals surface area contributed by atoms with Gasteiger partial charge in [-0.2, -0.15) is 13.2 Å². The van der Waals surface area contributed by atoms with Crippen LogP contribution in [0.3, 0.4) is 0 Å². The molecule has 2 aliphatic rings. The van der Waals surface area contributed by atoms with E-state index in [9.17, 15) is 43.2 Å². The van der Waals surface area contributed by atoms with Crippen LogP contribution in [0.1, 0.15) is 180 Å². The van der Waals surface area contributed by atoms with Crippen LogP contribution in [0.2, 0.25) is 0 Å². The number of carbonyl (C=O) groups excluding carboxylic acids is 2. The third-order valence-electron chi connectivity index (χ3n) is 13.5. The molecular formula is C60H98Cl2F3N3O9S. The Labute approximate surface area is 483 Å². The predicted molar refractivity (Wildman–Crippen MR) is 315 cm³/mol. The van der Waals surface area contributed by atoms with E-state index in [2.05, 4.69) is 22.3 Å². The topological polar surface area (TPSA) is 163 Å². The van der Waals surface area contributed by atoms with Crippen LogP contribution in [0.5, 0.6) is 0 Å². The van der Waals surface area contributed by atoms with Gasteiger partial charge in [0.15, 0.2) is 0 Å². The number of halogens is 5. The summed E-state index contributed by atoms with van der Waals surface area (Å²) in [4.78, 5) is 29.9. The second kappa shape index (κ2) is 46.5. The highest BCUT2D eigenvalue weighted by Crippen LogP contribution is 2.49. The molecule has 0 bridgehead atoms. The number of hydrogen-bond donors (Lipinski definition) is 5. The van der Waals surface area contributed by atoms with Gasteiger partial charge in [-0.15, -0.1) is 43.7 Å². The summed E-state index contributed by atoms with van der Waals surface area (Å²) in [5, 5.41) is 47.9. The lowest BCUT2D eigenvalue weighted by molar-refractivity contribution is -0.145. The zero-order chi connectivity index (χ0) is 55.8. The first-order valence-electron chi connectivity index (χ1n) is 28.4. The van der Waals surface area contributed by atoms with E-state index < -0.39 is 48.1 Å². The normalized spacial score (nSPS) is 14.7. The van der Waals surface area contributed by atoms with Gasteiger partial charge in [0, 0.05) is 82.2 Å². The van der Waals surface area contributed by atoms with Crippen molar-refractivity contribution in [2.45, 2.75) is 215 Å². The van der Waals surface area contributed by atoms with Gasteiger partial charge in [0.25, 0.3) is 0 Å². The molecule has 1 fully saturated rings. The average Bonchev–Trinajstić information content (AvgIpc) is 3.39. The molecular weight excluding hydrogens is 1070 g/mol. The second-order valence-corrected chi connectivity index (χ2v) is 21.4. The number of unbranched alkanes of at least 4 members (excludes halogenated alkanes) is 18. The van der Waals surface area contributed by atoms with Crippen LogP contribution >= 0.6 is 36.6 Å². The zero-order valence-electron chi connectivity index (χ0n) is 47.0. The molecule has 1 saturated heterocycles. The predicted octanol–water partition coefficient (Wildman–Crippen LogP) is 12.9. The Kier molecular flexibility index (Phi) is 44.7. The molecule has 4 unspecified atom stereocenters. The lowest BCUT2D eigenvalue weighted by Crippen LogP contribution is -2.47. The molecule has 2 aromatic rings. The Morgan fingerprint density at radius 1 is 0.641 bits per heavy atom. The van der Waals surface area contributed by atoms with Crippen molar-refractivity contribution in [2.24, 2.45) is 0 Å². The number of anilines is 2. The summed E-state index contributed by atoms with van der Waals surface area (Å²) in [5.41, 5.74) is 1.01. The van der Waals surface area contributed by atoms with Crippen LogP contribution in [0.4, 0.5) is 24.5 Å². The number of allylic oxidation sites excluding steroid dienone is 1. The number of nitrogens with zero attached hydrogens (tertiary/aromatic N) is 3. The fraction of sp³-hybridized carbons (Fsp3) is 0.700. The van der Waals surface area contributed by atoms with Gasteiger partial charge >= 0.3 is 18.1 Å². The highest BCUT2D eigenvalue weighted by atomic mass is 35.5. The number of aliphatic hydroxyl groups is 5. The maximum absolute atomic E-state index is 13.3. The van der Waals surface area contributed by atoms with Crippen LogP contribution < -0.4 is 4.90 Å². The van der Waals surface area contributed by atoms with Crippen molar-refractivity contribution < 1.29 is 57.8 Å². The molecule has 0 aliphatic carbocycles. The number of hydrogen-bond acceptors (Lipinski definition) is 13. The number of carbonyl (C=O) groups is 2. The van der Waals surface area contributed by atoms with Crippen LogP contribution in [0.25, 0.3) is 0 Å². The summed E-state index contributed by atoms with van der Waals surface area (Å²) in [6.07, 6.45) is 27.1. The minimum Gasteiger partial charge on any atom is -0.463 e. The summed E-state index contributed by atoms with van der Waals surface area (Å²) in [6.45, 7) is 12.6. The molecule has 18 heteroatoms. The first-order valence-corrected chi connectivity index (χ1v) is 29.2. The summed E-state index contributed by atoms with van der Waals surface area (Å²) in [7, 11) is 0. The molecule has 2 heterocycles. The van der Waals surface area contributed by atoms with Crippen LogP contribution in [0.15, 0.2) is 64.9 Å². The van der Waals surface area contributed by atoms with Crippen molar-refractivity contribution in [1.29, 1.82) is 0 Å². The monoisotopic (exact) mass is 1160 g/mol. The van der Waals surface area contributed by atoms with E-state index in [1.54, 1.807) is 6.07 Å². The number of rotatable bonds is 37. The molecule has 78 heavy (non-hydrogen) atoms. The number of fused-ring (bicyclic) bond motifs is 2. The first kappa shape index (κ1) is 74.9. The number of alkyl halides is 3. The smallest absolute Gasteiger partial charge is 0.416 e. The number of β-amino-alcohol motifs (C(OH)–C–C–N with tert-alkyl or cyclic N) is 1. The van der Waals surface area contributed by atoms with E-state index in [0.717, 1.165) is 99.6 Å². The molecule has 4 atom stereocenters. The third-order valence-corrected chi connectivity index (χ3v) is 14.7. The summed E-state index contributed by atoms with van der Waals surface area (Å²) in [5.74, 6) is 1.86. The second-order valence-electron chi connectivity index (χ2n) is 20.3. The van der Waals surface area contributed by atoms with E-state index >= 15 is 0 Å². The maximum atomic E-state index is 13.3. The van der Waals surface area contributed by atoms with E-state index in [-0.39, 0.29) is 57.5 Å². The van der Waals surface area contributed by atoms with Gasteiger partial charge in [0.2, 0.25) is 0 Å². The van der Waals surface area contributed by atoms with E-state index in [1.165, 1.54) is 121 Å². The van der Waals surface area contributed by atoms with Crippen LogP contribution in [-0.2, 0) is 25.2 Å². The summed E-state index contributed by atoms with van der Waals surface area (Å²) in [6, 6.07) is 11.9. The quantitative estimate of drug-likeness (QED) is 0.0188. The van der Waals surface area contributed by atoms with Crippen molar-refractivity contribution in [3.05, 3.63) is 60.7 Å². The van der Waals surface area contributed by atoms with Crippen molar-refractivity contribution in [3.8, 4) is 12.3 Å². The summed E-state index contributed by atoms with van der Waals surface area (Å²) < 4.78 is 49.3. The molecule has 0 amide bonds. The number of benzene rings is 2. The van der Waals surface area contributed by atoms with Crippen molar-refractivity contribution in [2.75, 3.05) is 70.5 Å². The van der Waals surface area contributed by atoms with Crippen molar-refractivity contribution in [3.63, 3.8) is 0 Å². The van der Waals surface area contributed by atoms with Crippen LogP contribution in [0, 0.1) is 12.3 Å². The fourth-order valence-corrected chi connectivity index (χ4v) is 10.3. The number of terminal acetylenes is 1. The zero-order valence-corrected chi connectivity index (χ0v) is 49.5. The lowest BCUT2D eigenvalue weighted by Gasteiger charge is -2.36. The van der Waals surface area contributed by atoms with Gasteiger partial charge < -0.3 is 44.8 Å². The van der Waals surface area contributed by atoms with Gasteiger partial charge in [0.1, 0.15) is 13.2 Å². The molecule has 0 aromatic heterocycles. The standard InChI is InChI=1S/C22H26F3N3OS.C19H36O4.C19H34O4.2ClH/c23-22(24,25)17-6-7-21-19(16-17)28(18-4-1-2-5-20(18)30-21)9-3-8-26-10-12-27(13-11-26)14-15-29;2*1-3-4-5-6-7-8-9-10-11-12-13-14-18(21)15-19(22)16-23-17(2)20;;/h1-2,4-7,16,29H,3,8-15H2;3,18-19,21-22H,1,4-16H2,2H3;1,18-19,21-22H,4-16H2,2H3;2*1H. The maximum Gasteiger partial charge on any atom is 0.416 e. The Balaban J connectivity index is 0.00000115. The number of para-hydroxylation sites is 1.